The largest absolute Gasteiger partial charge is 0.399 e. The van der Waals surface area contributed by atoms with Crippen molar-refractivity contribution in [2.75, 3.05) is 16.4 Å². The molecule has 2 amide bonds. The third-order valence-electron chi connectivity index (χ3n) is 3.19. The lowest BCUT2D eigenvalue weighted by Gasteiger charge is -2.10. The third kappa shape index (κ3) is 5.00. The number of carbonyl (C=O) groups excluding carboxylic acids is 1. The number of nitrogen functional groups attached to an aromatic ring is 1. The monoisotopic (exact) mass is 315 g/mol. The molecule has 0 saturated carbocycles. The van der Waals surface area contributed by atoms with Gasteiger partial charge in [0.05, 0.1) is 0 Å². The Morgan fingerprint density at radius 1 is 1.05 bits per heavy atom. The molecule has 4 nitrogen and oxygen atoms in total. The first-order valence-corrected chi connectivity index (χ1v) is 8.15. The highest BCUT2D eigenvalue weighted by atomic mass is 32.2. The quantitative estimate of drug-likeness (QED) is 0.548. The van der Waals surface area contributed by atoms with Gasteiger partial charge in [-0.25, -0.2) is 4.79 Å². The van der Waals surface area contributed by atoms with Crippen LogP contribution in [0.25, 0.3) is 0 Å². The Kier molecular flexibility index (Phi) is 5.72. The highest BCUT2D eigenvalue weighted by Crippen LogP contribution is 2.26. The van der Waals surface area contributed by atoms with Crippen LogP contribution in [0.5, 0.6) is 0 Å². The maximum absolute atomic E-state index is 11.9. The number of nitrogens with two attached hydrogens (primary N) is 1. The number of hydrogen-bond donors (Lipinski definition) is 3. The summed E-state index contributed by atoms with van der Waals surface area (Å²) in [4.78, 5) is 13.1. The van der Waals surface area contributed by atoms with E-state index in [-0.39, 0.29) is 6.03 Å². The number of carbonyl (C=O) groups is 1. The molecule has 0 spiro atoms. The van der Waals surface area contributed by atoms with Gasteiger partial charge in [0.15, 0.2) is 0 Å². The Hall–Kier alpha value is -2.14. The van der Waals surface area contributed by atoms with Crippen molar-refractivity contribution >= 4 is 34.9 Å². The molecule has 2 aromatic rings. The molecule has 0 heterocycles. The van der Waals surface area contributed by atoms with E-state index in [1.165, 1.54) is 4.90 Å². The zero-order valence-electron chi connectivity index (χ0n) is 12.8. The molecular formula is C17H21N3OS. The van der Waals surface area contributed by atoms with Gasteiger partial charge in [-0.05, 0) is 55.0 Å². The fraction of sp³-hybridized carbons (Fsp3) is 0.235. The standard InChI is InChI=1S/C17H21N3OS/c1-3-12(2)22-16-10-8-15(9-11-16)20-17(21)19-14-6-4-13(18)5-7-14/h4-12H,3,18H2,1-2H3,(H2,19,20,21). The average molecular weight is 315 g/mol. The minimum Gasteiger partial charge on any atom is -0.399 e. The van der Waals surface area contributed by atoms with Crippen LogP contribution in [-0.2, 0) is 0 Å². The Balaban J connectivity index is 1.90. The summed E-state index contributed by atoms with van der Waals surface area (Å²) in [5.41, 5.74) is 7.75. The maximum Gasteiger partial charge on any atom is 0.323 e. The van der Waals surface area contributed by atoms with Crippen molar-refractivity contribution in [3.8, 4) is 0 Å². The van der Waals surface area contributed by atoms with E-state index in [4.69, 9.17) is 5.73 Å². The molecule has 0 aliphatic heterocycles. The molecule has 2 aromatic carbocycles. The predicted molar refractivity (Wildman–Crippen MR) is 95.5 cm³/mol. The van der Waals surface area contributed by atoms with Crippen LogP contribution in [0.2, 0.25) is 0 Å². The van der Waals surface area contributed by atoms with E-state index in [1.807, 2.05) is 36.0 Å². The van der Waals surface area contributed by atoms with Crippen LogP contribution >= 0.6 is 11.8 Å². The van der Waals surface area contributed by atoms with Gasteiger partial charge in [-0.3, -0.25) is 0 Å². The number of anilines is 3. The molecule has 0 fully saturated rings. The lowest BCUT2D eigenvalue weighted by atomic mass is 10.3. The Bertz CT molecular complexity index is 611. The maximum atomic E-state index is 11.9. The van der Waals surface area contributed by atoms with E-state index >= 15 is 0 Å². The van der Waals surface area contributed by atoms with Crippen molar-refractivity contribution < 1.29 is 4.79 Å². The van der Waals surface area contributed by atoms with Gasteiger partial charge in [0.25, 0.3) is 0 Å². The molecule has 4 N–H and O–H groups in total. The Morgan fingerprint density at radius 3 is 2.05 bits per heavy atom. The van der Waals surface area contributed by atoms with E-state index in [9.17, 15) is 4.79 Å². The van der Waals surface area contributed by atoms with Gasteiger partial charge in [0.2, 0.25) is 0 Å². The van der Waals surface area contributed by atoms with Crippen LogP contribution in [0.1, 0.15) is 20.3 Å². The van der Waals surface area contributed by atoms with E-state index in [2.05, 4.69) is 24.5 Å². The predicted octanol–water partition coefficient (Wildman–Crippen LogP) is 4.80. The molecule has 1 atom stereocenters. The van der Waals surface area contributed by atoms with E-state index in [0.717, 1.165) is 12.1 Å². The van der Waals surface area contributed by atoms with Crippen LogP contribution < -0.4 is 16.4 Å². The number of thioether (sulfide) groups is 1. The SMILES string of the molecule is CCC(C)Sc1ccc(NC(=O)Nc2ccc(N)cc2)cc1. The number of benzene rings is 2. The highest BCUT2D eigenvalue weighted by molar-refractivity contribution is 7.99. The van der Waals surface area contributed by atoms with Gasteiger partial charge in [-0.1, -0.05) is 13.8 Å². The molecule has 5 heteroatoms. The molecule has 0 radical (unpaired) electrons. The van der Waals surface area contributed by atoms with Gasteiger partial charge in [-0.2, -0.15) is 0 Å². The number of rotatable bonds is 5. The minimum absolute atomic E-state index is 0.271. The van der Waals surface area contributed by atoms with E-state index in [0.29, 0.717) is 16.6 Å². The normalized spacial score (nSPS) is 11.7. The number of urea groups is 1. The van der Waals surface area contributed by atoms with Crippen LogP contribution in [0.4, 0.5) is 21.9 Å². The second-order valence-corrected chi connectivity index (χ2v) is 6.57. The third-order valence-corrected chi connectivity index (χ3v) is 4.47. The van der Waals surface area contributed by atoms with Gasteiger partial charge < -0.3 is 16.4 Å². The summed E-state index contributed by atoms with van der Waals surface area (Å²) in [6, 6.07) is 14.6. The molecule has 1 unspecified atom stereocenters. The summed E-state index contributed by atoms with van der Waals surface area (Å²) in [5, 5.41) is 6.16. The van der Waals surface area contributed by atoms with Crippen LogP contribution in [0.15, 0.2) is 53.4 Å². The van der Waals surface area contributed by atoms with Gasteiger partial charge in [0.1, 0.15) is 0 Å². The van der Waals surface area contributed by atoms with Crippen molar-refractivity contribution in [1.82, 2.24) is 0 Å². The van der Waals surface area contributed by atoms with Crippen molar-refractivity contribution in [3.63, 3.8) is 0 Å². The molecule has 2 rings (SSSR count). The van der Waals surface area contributed by atoms with Gasteiger partial charge in [-0.15, -0.1) is 11.8 Å². The molecule has 0 aromatic heterocycles. The summed E-state index contributed by atoms with van der Waals surface area (Å²) < 4.78 is 0. The van der Waals surface area contributed by atoms with E-state index < -0.39 is 0 Å². The first-order valence-electron chi connectivity index (χ1n) is 7.27. The molecule has 0 saturated heterocycles. The summed E-state index contributed by atoms with van der Waals surface area (Å²) in [6.45, 7) is 4.38. The molecule has 22 heavy (non-hydrogen) atoms. The zero-order chi connectivity index (χ0) is 15.9. The first kappa shape index (κ1) is 16.2. The fourth-order valence-electron chi connectivity index (χ4n) is 1.79. The van der Waals surface area contributed by atoms with Crippen molar-refractivity contribution in [1.29, 1.82) is 0 Å². The van der Waals surface area contributed by atoms with Crippen molar-refractivity contribution in [2.24, 2.45) is 0 Å². The Labute approximate surface area is 135 Å². The highest BCUT2D eigenvalue weighted by Gasteiger charge is 2.04. The smallest absolute Gasteiger partial charge is 0.323 e. The summed E-state index contributed by atoms with van der Waals surface area (Å²) in [5.74, 6) is 0. The van der Waals surface area contributed by atoms with Crippen LogP contribution in [0.3, 0.4) is 0 Å². The zero-order valence-corrected chi connectivity index (χ0v) is 13.6. The molecular weight excluding hydrogens is 294 g/mol. The van der Waals surface area contributed by atoms with Crippen molar-refractivity contribution in [3.05, 3.63) is 48.5 Å². The fourth-order valence-corrected chi connectivity index (χ4v) is 2.72. The number of nitrogens with one attached hydrogen (secondary N) is 2. The van der Waals surface area contributed by atoms with Crippen molar-refractivity contribution in [2.45, 2.75) is 30.4 Å². The lowest BCUT2D eigenvalue weighted by molar-refractivity contribution is 0.262. The molecule has 0 bridgehead atoms. The number of hydrogen-bond acceptors (Lipinski definition) is 3. The topological polar surface area (TPSA) is 67.2 Å². The van der Waals surface area contributed by atoms with Crippen LogP contribution in [0, 0.1) is 0 Å². The molecule has 0 aliphatic rings. The molecule has 116 valence electrons. The van der Waals surface area contributed by atoms with Gasteiger partial charge in [0, 0.05) is 27.2 Å². The average Bonchev–Trinajstić information content (AvgIpc) is 2.51. The number of amides is 2. The summed E-state index contributed by atoms with van der Waals surface area (Å²) in [7, 11) is 0. The van der Waals surface area contributed by atoms with E-state index in [1.54, 1.807) is 24.3 Å². The summed E-state index contributed by atoms with van der Waals surface area (Å²) in [6.07, 6.45) is 1.13. The summed E-state index contributed by atoms with van der Waals surface area (Å²) >= 11 is 1.83. The first-order chi connectivity index (χ1) is 10.6. The second kappa shape index (κ2) is 7.75. The Morgan fingerprint density at radius 2 is 1.55 bits per heavy atom. The second-order valence-electron chi connectivity index (χ2n) is 5.06. The molecule has 0 aliphatic carbocycles. The minimum atomic E-state index is -0.271. The lowest BCUT2D eigenvalue weighted by Crippen LogP contribution is -2.19. The van der Waals surface area contributed by atoms with Crippen LogP contribution in [-0.4, -0.2) is 11.3 Å². The van der Waals surface area contributed by atoms with Gasteiger partial charge >= 0.3 is 6.03 Å².